The Morgan fingerprint density at radius 1 is 1.09 bits per heavy atom. The van der Waals surface area contributed by atoms with Gasteiger partial charge in [0.25, 0.3) is 0 Å². The van der Waals surface area contributed by atoms with Crippen molar-refractivity contribution in [1.29, 1.82) is 0 Å². The molecule has 3 heterocycles. The molecule has 0 N–H and O–H groups in total. The largest absolute Gasteiger partial charge is 0.381 e. The predicted octanol–water partition coefficient (Wildman–Crippen LogP) is 2.61. The summed E-state index contributed by atoms with van der Waals surface area (Å²) in [5, 5.41) is 0. The van der Waals surface area contributed by atoms with Crippen molar-refractivity contribution >= 4 is 0 Å². The van der Waals surface area contributed by atoms with Crippen molar-refractivity contribution in [3.63, 3.8) is 0 Å². The molecule has 1 saturated carbocycles. The van der Waals surface area contributed by atoms with Crippen LogP contribution in [0.3, 0.4) is 0 Å². The molecule has 4 aliphatic rings. The number of likely N-dealkylation sites (tertiary alicyclic amines) is 1. The normalized spacial score (nSPS) is 38.5. The monoisotopic (exact) mass is 309 g/mol. The molecule has 4 nitrogen and oxygen atoms in total. The van der Waals surface area contributed by atoms with E-state index in [0.29, 0.717) is 12.0 Å². The summed E-state index contributed by atoms with van der Waals surface area (Å²) in [6, 6.07) is 0.850. The van der Waals surface area contributed by atoms with Gasteiger partial charge >= 0.3 is 0 Å². The van der Waals surface area contributed by atoms with E-state index in [1.807, 2.05) is 0 Å². The fourth-order valence-corrected chi connectivity index (χ4v) is 4.58. The van der Waals surface area contributed by atoms with E-state index in [2.05, 4.69) is 4.90 Å². The Bertz CT molecular complexity index is 367. The lowest BCUT2D eigenvalue weighted by Gasteiger charge is -2.46. The van der Waals surface area contributed by atoms with Crippen LogP contribution in [0.2, 0.25) is 0 Å². The van der Waals surface area contributed by atoms with Gasteiger partial charge in [-0.15, -0.1) is 0 Å². The van der Waals surface area contributed by atoms with Gasteiger partial charge in [-0.1, -0.05) is 6.42 Å². The van der Waals surface area contributed by atoms with Gasteiger partial charge in [-0.05, 0) is 51.0 Å². The zero-order chi connectivity index (χ0) is 14.8. The minimum Gasteiger partial charge on any atom is -0.381 e. The van der Waals surface area contributed by atoms with E-state index in [1.54, 1.807) is 0 Å². The maximum atomic E-state index is 6.29. The van der Waals surface area contributed by atoms with Crippen LogP contribution in [0.5, 0.6) is 0 Å². The molecule has 0 amide bonds. The van der Waals surface area contributed by atoms with Crippen LogP contribution in [0.15, 0.2) is 0 Å². The molecule has 3 aliphatic heterocycles. The van der Waals surface area contributed by atoms with Crippen LogP contribution in [0.1, 0.15) is 51.4 Å². The Kier molecular flexibility index (Phi) is 4.72. The van der Waals surface area contributed by atoms with E-state index in [-0.39, 0.29) is 5.60 Å². The SMILES string of the molecule is C1CC(N2CCC[C@@]3(C[C@H](OCC4CCOCC4)CO3)C2)C1. The summed E-state index contributed by atoms with van der Waals surface area (Å²) in [7, 11) is 0. The van der Waals surface area contributed by atoms with Crippen molar-refractivity contribution in [3.05, 3.63) is 0 Å². The van der Waals surface area contributed by atoms with Gasteiger partial charge in [0, 0.05) is 32.2 Å². The predicted molar refractivity (Wildman–Crippen MR) is 85.0 cm³/mol. The van der Waals surface area contributed by atoms with Gasteiger partial charge in [-0.3, -0.25) is 4.90 Å². The molecule has 1 spiro atoms. The minimum atomic E-state index is 0.105. The Labute approximate surface area is 134 Å². The number of hydrogen-bond acceptors (Lipinski definition) is 4. The molecular weight excluding hydrogens is 278 g/mol. The van der Waals surface area contributed by atoms with E-state index in [1.165, 1.54) is 38.6 Å². The molecule has 1 aliphatic carbocycles. The Morgan fingerprint density at radius 2 is 1.95 bits per heavy atom. The second-order valence-corrected chi connectivity index (χ2v) is 7.87. The van der Waals surface area contributed by atoms with Crippen LogP contribution >= 0.6 is 0 Å². The van der Waals surface area contributed by atoms with Gasteiger partial charge < -0.3 is 14.2 Å². The van der Waals surface area contributed by atoms with Crippen LogP contribution in [-0.4, -0.2) is 62.2 Å². The second kappa shape index (κ2) is 6.76. The van der Waals surface area contributed by atoms with Crippen molar-refractivity contribution < 1.29 is 14.2 Å². The first kappa shape index (κ1) is 15.4. The molecule has 2 atom stereocenters. The molecule has 0 aromatic heterocycles. The topological polar surface area (TPSA) is 30.9 Å². The highest BCUT2D eigenvalue weighted by Gasteiger charge is 2.45. The Hall–Kier alpha value is -0.160. The summed E-state index contributed by atoms with van der Waals surface area (Å²) in [5.41, 5.74) is 0.105. The molecule has 0 unspecified atom stereocenters. The van der Waals surface area contributed by atoms with Crippen molar-refractivity contribution in [2.45, 2.75) is 69.1 Å². The molecule has 126 valence electrons. The molecule has 0 bridgehead atoms. The number of piperidine rings is 1. The van der Waals surface area contributed by atoms with Crippen molar-refractivity contribution in [2.75, 3.05) is 39.5 Å². The standard InChI is InChI=1S/C18H31NO3/c1-3-16(4-1)19-8-2-7-18(14-19)11-17(13-22-18)21-12-15-5-9-20-10-6-15/h15-17H,1-14H2/t17-,18+/m0/s1. The lowest BCUT2D eigenvalue weighted by molar-refractivity contribution is -0.0709. The molecule has 4 fully saturated rings. The van der Waals surface area contributed by atoms with Crippen LogP contribution in [0, 0.1) is 5.92 Å². The van der Waals surface area contributed by atoms with Crippen molar-refractivity contribution in [3.8, 4) is 0 Å². The van der Waals surface area contributed by atoms with Crippen LogP contribution in [0.4, 0.5) is 0 Å². The fourth-order valence-electron chi connectivity index (χ4n) is 4.58. The summed E-state index contributed by atoms with van der Waals surface area (Å²) >= 11 is 0. The molecular formula is C18H31NO3. The van der Waals surface area contributed by atoms with Crippen molar-refractivity contribution in [1.82, 2.24) is 4.90 Å². The first-order chi connectivity index (χ1) is 10.8. The van der Waals surface area contributed by atoms with Gasteiger partial charge in [-0.25, -0.2) is 0 Å². The molecule has 4 heteroatoms. The number of rotatable bonds is 4. The van der Waals surface area contributed by atoms with E-state index in [9.17, 15) is 0 Å². The Balaban J connectivity index is 1.25. The third-order valence-electron chi connectivity index (χ3n) is 6.24. The number of hydrogen-bond donors (Lipinski definition) is 0. The summed E-state index contributed by atoms with van der Waals surface area (Å²) < 4.78 is 17.9. The highest BCUT2D eigenvalue weighted by molar-refractivity contribution is 4.98. The molecule has 4 rings (SSSR count). The Morgan fingerprint density at radius 3 is 2.73 bits per heavy atom. The molecule has 0 aromatic rings. The third kappa shape index (κ3) is 3.35. The quantitative estimate of drug-likeness (QED) is 0.799. The van der Waals surface area contributed by atoms with E-state index in [4.69, 9.17) is 14.2 Å². The minimum absolute atomic E-state index is 0.105. The average molecular weight is 309 g/mol. The van der Waals surface area contributed by atoms with Crippen LogP contribution < -0.4 is 0 Å². The maximum absolute atomic E-state index is 6.29. The van der Waals surface area contributed by atoms with Crippen molar-refractivity contribution in [2.24, 2.45) is 5.92 Å². The first-order valence-corrected chi connectivity index (χ1v) is 9.40. The fraction of sp³-hybridized carbons (Fsp3) is 1.00. The van der Waals surface area contributed by atoms with E-state index in [0.717, 1.165) is 58.3 Å². The van der Waals surface area contributed by atoms with Gasteiger partial charge in [-0.2, -0.15) is 0 Å². The summed E-state index contributed by atoms with van der Waals surface area (Å²) in [6.07, 6.45) is 10.5. The molecule has 0 radical (unpaired) electrons. The van der Waals surface area contributed by atoms with Gasteiger partial charge in [0.15, 0.2) is 0 Å². The lowest BCUT2D eigenvalue weighted by Crippen LogP contribution is -2.53. The summed E-state index contributed by atoms with van der Waals surface area (Å²) in [6.45, 7) is 5.96. The summed E-state index contributed by atoms with van der Waals surface area (Å²) in [5.74, 6) is 0.697. The first-order valence-electron chi connectivity index (χ1n) is 9.40. The van der Waals surface area contributed by atoms with Gasteiger partial charge in [0.05, 0.1) is 24.9 Å². The smallest absolute Gasteiger partial charge is 0.0836 e. The second-order valence-electron chi connectivity index (χ2n) is 7.87. The maximum Gasteiger partial charge on any atom is 0.0836 e. The molecule has 3 saturated heterocycles. The van der Waals surface area contributed by atoms with E-state index >= 15 is 0 Å². The van der Waals surface area contributed by atoms with Gasteiger partial charge in [0.1, 0.15) is 0 Å². The molecule has 0 aromatic carbocycles. The van der Waals surface area contributed by atoms with Crippen LogP contribution in [-0.2, 0) is 14.2 Å². The zero-order valence-electron chi connectivity index (χ0n) is 13.8. The number of nitrogens with zero attached hydrogens (tertiary/aromatic N) is 1. The molecule has 22 heavy (non-hydrogen) atoms. The highest BCUT2D eigenvalue weighted by Crippen LogP contribution is 2.39. The average Bonchev–Trinajstić information content (AvgIpc) is 2.87. The lowest BCUT2D eigenvalue weighted by atomic mass is 9.84. The zero-order valence-corrected chi connectivity index (χ0v) is 13.8. The highest BCUT2D eigenvalue weighted by atomic mass is 16.6. The van der Waals surface area contributed by atoms with E-state index < -0.39 is 0 Å². The summed E-state index contributed by atoms with van der Waals surface area (Å²) in [4.78, 5) is 2.70. The van der Waals surface area contributed by atoms with Gasteiger partial charge in [0.2, 0.25) is 0 Å². The third-order valence-corrected chi connectivity index (χ3v) is 6.24. The number of ether oxygens (including phenoxy) is 3. The van der Waals surface area contributed by atoms with Crippen LogP contribution in [0.25, 0.3) is 0 Å².